The van der Waals surface area contributed by atoms with E-state index in [-0.39, 0.29) is 5.41 Å². The van der Waals surface area contributed by atoms with E-state index < -0.39 is 0 Å². The van der Waals surface area contributed by atoms with Crippen LogP contribution in [-0.2, 0) is 0 Å². The van der Waals surface area contributed by atoms with E-state index >= 15 is 0 Å². The lowest BCUT2D eigenvalue weighted by Gasteiger charge is -2.32. The van der Waals surface area contributed by atoms with E-state index in [0.29, 0.717) is 17.7 Å². The highest BCUT2D eigenvalue weighted by molar-refractivity contribution is 6.19. The summed E-state index contributed by atoms with van der Waals surface area (Å²) in [6.45, 7) is 4.35. The topological polar surface area (TPSA) is 0 Å². The van der Waals surface area contributed by atoms with Gasteiger partial charge in [-0.25, -0.2) is 0 Å². The van der Waals surface area contributed by atoms with Gasteiger partial charge in [0.15, 0.2) is 0 Å². The summed E-state index contributed by atoms with van der Waals surface area (Å²) in [5.41, 5.74) is 1.31. The summed E-state index contributed by atoms with van der Waals surface area (Å²) in [6.07, 6.45) is 6.45. The monoisotopic (exact) mass is 204 g/mol. The summed E-state index contributed by atoms with van der Waals surface area (Å²) in [6, 6.07) is 0. The number of hydrogen-bond acceptors (Lipinski definition) is 0. The summed E-state index contributed by atoms with van der Waals surface area (Å²) in [7, 11) is 0. The van der Waals surface area contributed by atoms with Crippen LogP contribution in [0.15, 0.2) is 23.8 Å². The predicted octanol–water partition coefficient (Wildman–Crippen LogP) is 3.60. The molecular weight excluding hydrogens is 191 g/mol. The fourth-order valence-electron chi connectivity index (χ4n) is 1.27. The molecule has 0 N–H and O–H groups in total. The van der Waals surface area contributed by atoms with Crippen molar-refractivity contribution in [1.29, 1.82) is 0 Å². The minimum atomic E-state index is 0.108. The van der Waals surface area contributed by atoms with Gasteiger partial charge >= 0.3 is 0 Å². The summed E-state index contributed by atoms with van der Waals surface area (Å²) in [5.74, 6) is 1.74. The quantitative estimate of drug-likeness (QED) is 0.604. The first-order valence-corrected chi connectivity index (χ1v) is 5.21. The van der Waals surface area contributed by atoms with Crippen molar-refractivity contribution in [2.45, 2.75) is 13.8 Å². The molecule has 68 valence electrons. The molecule has 0 bridgehead atoms. The van der Waals surface area contributed by atoms with Crippen LogP contribution in [0.3, 0.4) is 0 Å². The number of hydrogen-bond donors (Lipinski definition) is 0. The van der Waals surface area contributed by atoms with Crippen LogP contribution in [0.5, 0.6) is 0 Å². The number of rotatable bonds is 2. The molecule has 0 saturated heterocycles. The maximum atomic E-state index is 5.89. The van der Waals surface area contributed by atoms with Crippen LogP contribution < -0.4 is 0 Å². The van der Waals surface area contributed by atoms with Gasteiger partial charge in [-0.1, -0.05) is 32.1 Å². The molecule has 0 radical (unpaired) electrons. The van der Waals surface area contributed by atoms with E-state index in [2.05, 4.69) is 32.1 Å². The van der Waals surface area contributed by atoms with Gasteiger partial charge in [0.05, 0.1) is 0 Å². The van der Waals surface area contributed by atoms with Crippen LogP contribution in [0.2, 0.25) is 0 Å². The predicted molar refractivity (Wildman–Crippen MR) is 55.9 cm³/mol. The molecule has 0 unspecified atom stereocenters. The van der Waals surface area contributed by atoms with Gasteiger partial charge in [-0.15, -0.1) is 23.2 Å². The zero-order chi connectivity index (χ0) is 9.19. The lowest BCUT2D eigenvalue weighted by molar-refractivity contribution is 0.368. The molecule has 0 aliphatic heterocycles. The highest BCUT2D eigenvalue weighted by atomic mass is 35.5. The van der Waals surface area contributed by atoms with Crippen LogP contribution >= 0.6 is 23.2 Å². The minimum absolute atomic E-state index is 0.108. The zero-order valence-corrected chi connectivity index (χ0v) is 8.99. The Labute approximate surface area is 84.2 Å². The van der Waals surface area contributed by atoms with E-state index in [1.54, 1.807) is 0 Å². The summed E-state index contributed by atoms with van der Waals surface area (Å²) < 4.78 is 0. The Morgan fingerprint density at radius 1 is 1.50 bits per heavy atom. The molecule has 12 heavy (non-hydrogen) atoms. The Kier molecular flexibility index (Phi) is 3.25. The first-order valence-electron chi connectivity index (χ1n) is 4.14. The minimum Gasteiger partial charge on any atom is -0.126 e. The third kappa shape index (κ3) is 1.86. The standard InChI is InChI=1S/C10H14Cl2/c1-8-5-9(6-11)3-4-10(8,2)7-12/h3-5,8H,6-7H2,1-2H3/t8-,10-/m1/s1. The van der Waals surface area contributed by atoms with Gasteiger partial charge in [-0.2, -0.15) is 0 Å². The highest BCUT2D eigenvalue weighted by Gasteiger charge is 2.28. The zero-order valence-electron chi connectivity index (χ0n) is 7.48. The maximum Gasteiger partial charge on any atom is 0.0470 e. The van der Waals surface area contributed by atoms with Crippen molar-refractivity contribution in [2.75, 3.05) is 11.8 Å². The van der Waals surface area contributed by atoms with Crippen molar-refractivity contribution in [3.63, 3.8) is 0 Å². The largest absolute Gasteiger partial charge is 0.126 e. The van der Waals surface area contributed by atoms with Crippen molar-refractivity contribution in [3.05, 3.63) is 23.8 Å². The number of allylic oxidation sites excluding steroid dienone is 4. The van der Waals surface area contributed by atoms with Gasteiger partial charge in [0.2, 0.25) is 0 Å². The fraction of sp³-hybridized carbons (Fsp3) is 0.600. The highest BCUT2D eigenvalue weighted by Crippen LogP contribution is 2.35. The van der Waals surface area contributed by atoms with Crippen LogP contribution in [-0.4, -0.2) is 11.8 Å². The molecule has 2 atom stereocenters. The molecule has 0 aromatic heterocycles. The molecule has 0 nitrogen and oxygen atoms in total. The summed E-state index contributed by atoms with van der Waals surface area (Å²) in [4.78, 5) is 0. The molecule has 0 aromatic carbocycles. The first-order chi connectivity index (χ1) is 5.62. The Morgan fingerprint density at radius 2 is 2.17 bits per heavy atom. The third-order valence-electron chi connectivity index (χ3n) is 2.62. The summed E-state index contributed by atoms with van der Waals surface area (Å²) in [5, 5.41) is 0. The van der Waals surface area contributed by atoms with Crippen molar-refractivity contribution in [1.82, 2.24) is 0 Å². The van der Waals surface area contributed by atoms with Crippen molar-refractivity contribution < 1.29 is 0 Å². The molecule has 0 heterocycles. The average molecular weight is 205 g/mol. The lowest BCUT2D eigenvalue weighted by Crippen LogP contribution is -2.26. The van der Waals surface area contributed by atoms with Crippen LogP contribution in [0.25, 0.3) is 0 Å². The number of alkyl halides is 2. The second-order valence-electron chi connectivity index (χ2n) is 3.64. The smallest absolute Gasteiger partial charge is 0.0470 e. The van der Waals surface area contributed by atoms with E-state index in [1.165, 1.54) is 5.57 Å². The Hall–Kier alpha value is 0.0600. The van der Waals surface area contributed by atoms with E-state index in [1.807, 2.05) is 0 Å². The molecule has 0 saturated carbocycles. The van der Waals surface area contributed by atoms with Gasteiger partial charge in [0.1, 0.15) is 0 Å². The molecule has 0 fully saturated rings. The molecule has 0 spiro atoms. The molecule has 1 rings (SSSR count). The van der Waals surface area contributed by atoms with Gasteiger partial charge in [-0.05, 0) is 11.5 Å². The first kappa shape index (κ1) is 10.1. The van der Waals surface area contributed by atoms with Crippen LogP contribution in [0.4, 0.5) is 0 Å². The molecule has 0 amide bonds. The van der Waals surface area contributed by atoms with Crippen LogP contribution in [0, 0.1) is 11.3 Å². The Bertz CT molecular complexity index is 218. The second kappa shape index (κ2) is 3.85. The van der Waals surface area contributed by atoms with Gasteiger partial charge in [-0.3, -0.25) is 0 Å². The third-order valence-corrected chi connectivity index (χ3v) is 3.51. The molecular formula is C10H14Cl2. The molecule has 1 aliphatic rings. The molecule has 0 aromatic rings. The average Bonchev–Trinajstić information content (AvgIpc) is 2.10. The van der Waals surface area contributed by atoms with Crippen LogP contribution in [0.1, 0.15) is 13.8 Å². The van der Waals surface area contributed by atoms with Crippen molar-refractivity contribution in [3.8, 4) is 0 Å². The summed E-state index contributed by atoms with van der Waals surface area (Å²) >= 11 is 11.6. The van der Waals surface area contributed by atoms with E-state index in [9.17, 15) is 0 Å². The van der Waals surface area contributed by atoms with Gasteiger partial charge < -0.3 is 0 Å². The maximum absolute atomic E-state index is 5.89. The van der Waals surface area contributed by atoms with Crippen molar-refractivity contribution >= 4 is 23.2 Å². The molecule has 1 aliphatic carbocycles. The van der Waals surface area contributed by atoms with Gasteiger partial charge in [0.25, 0.3) is 0 Å². The fourth-order valence-corrected chi connectivity index (χ4v) is 1.78. The Balaban J connectivity index is 2.81. The van der Waals surface area contributed by atoms with Crippen molar-refractivity contribution in [2.24, 2.45) is 11.3 Å². The molecule has 2 heteroatoms. The second-order valence-corrected chi connectivity index (χ2v) is 4.17. The van der Waals surface area contributed by atoms with Gasteiger partial charge in [0, 0.05) is 17.2 Å². The lowest BCUT2D eigenvalue weighted by atomic mass is 9.76. The Morgan fingerprint density at radius 3 is 2.58 bits per heavy atom. The van der Waals surface area contributed by atoms with E-state index in [0.717, 1.165) is 0 Å². The normalized spacial score (nSPS) is 35.0. The van der Waals surface area contributed by atoms with E-state index in [4.69, 9.17) is 23.2 Å². The number of halogens is 2. The SMILES string of the molecule is C[C@@H]1C=C(CCl)C=C[C@]1(C)CCl.